The van der Waals surface area contributed by atoms with Gasteiger partial charge in [-0.2, -0.15) is 0 Å². The Labute approximate surface area is 122 Å². The van der Waals surface area contributed by atoms with E-state index in [0.29, 0.717) is 18.7 Å². The predicted molar refractivity (Wildman–Crippen MR) is 78.3 cm³/mol. The number of carbonyl (C=O) groups is 1. The number of methoxy groups -OCH3 is 2. The van der Waals surface area contributed by atoms with Gasteiger partial charge in [-0.25, -0.2) is 4.79 Å². The fourth-order valence-corrected chi connectivity index (χ4v) is 2.20. The van der Waals surface area contributed by atoms with Gasteiger partial charge in [0.1, 0.15) is 0 Å². The number of rotatable bonds is 6. The molecule has 0 amide bonds. The molecule has 4 nitrogen and oxygen atoms in total. The van der Waals surface area contributed by atoms with E-state index in [1.165, 1.54) is 7.11 Å². The number of benzene rings is 1. The van der Waals surface area contributed by atoms with Gasteiger partial charge in [-0.1, -0.05) is 22.0 Å². The van der Waals surface area contributed by atoms with E-state index in [2.05, 4.69) is 39.8 Å². The molecule has 0 saturated heterocycles. The van der Waals surface area contributed by atoms with Crippen LogP contribution in [0.3, 0.4) is 0 Å². The zero-order valence-corrected chi connectivity index (χ0v) is 13.3. The van der Waals surface area contributed by atoms with Gasteiger partial charge in [0, 0.05) is 23.7 Å². The summed E-state index contributed by atoms with van der Waals surface area (Å²) < 4.78 is 10.7. The molecule has 0 fully saturated rings. The molecule has 0 aromatic heterocycles. The van der Waals surface area contributed by atoms with Crippen molar-refractivity contribution in [1.82, 2.24) is 5.32 Å². The lowest BCUT2D eigenvalue weighted by atomic mass is 10.1. The van der Waals surface area contributed by atoms with E-state index >= 15 is 0 Å². The van der Waals surface area contributed by atoms with Gasteiger partial charge in [0.2, 0.25) is 0 Å². The maximum absolute atomic E-state index is 11.4. The van der Waals surface area contributed by atoms with Gasteiger partial charge in [-0.3, -0.25) is 0 Å². The Morgan fingerprint density at radius 1 is 1.37 bits per heavy atom. The van der Waals surface area contributed by atoms with Crippen LogP contribution in [0.15, 0.2) is 22.7 Å². The zero-order chi connectivity index (χ0) is 14.5. The first-order chi connectivity index (χ1) is 8.89. The minimum absolute atomic E-state index is 0.102. The van der Waals surface area contributed by atoms with Crippen LogP contribution in [0.1, 0.15) is 29.8 Å². The van der Waals surface area contributed by atoms with Gasteiger partial charge in [-0.15, -0.1) is 0 Å². The molecule has 0 aliphatic heterocycles. The molecule has 0 spiro atoms. The van der Waals surface area contributed by atoms with Crippen LogP contribution in [0, 0.1) is 0 Å². The molecule has 19 heavy (non-hydrogen) atoms. The number of hydrogen-bond acceptors (Lipinski definition) is 4. The fraction of sp³-hybridized carbons (Fsp3) is 0.500. The molecular weight excluding hydrogens is 310 g/mol. The third-order valence-electron chi connectivity index (χ3n) is 2.74. The van der Waals surface area contributed by atoms with Crippen LogP contribution in [0.5, 0.6) is 0 Å². The molecule has 1 aromatic rings. The summed E-state index contributed by atoms with van der Waals surface area (Å²) >= 11 is 3.47. The predicted octanol–water partition coefficient (Wildman–Crippen LogP) is 2.75. The Kier molecular flexibility index (Phi) is 5.97. The minimum Gasteiger partial charge on any atom is -0.465 e. The average Bonchev–Trinajstić information content (AvgIpc) is 2.36. The molecule has 0 radical (unpaired) electrons. The van der Waals surface area contributed by atoms with E-state index in [9.17, 15) is 4.79 Å². The molecule has 1 N–H and O–H groups in total. The Morgan fingerprint density at radius 3 is 2.58 bits per heavy atom. The molecule has 1 rings (SSSR count). The van der Waals surface area contributed by atoms with Crippen molar-refractivity contribution in [3.05, 3.63) is 33.8 Å². The molecule has 0 heterocycles. The standard InChI is InChI=1S/C14H20BrNO3/c1-14(2,9-18-3)16-8-11-6-5-10(7-12(11)15)13(17)19-4/h5-7,16H,8-9H2,1-4H3. The zero-order valence-electron chi connectivity index (χ0n) is 11.7. The molecule has 106 valence electrons. The number of halogens is 1. The van der Waals surface area contributed by atoms with Gasteiger partial charge in [0.05, 0.1) is 19.3 Å². The van der Waals surface area contributed by atoms with Crippen molar-refractivity contribution in [2.45, 2.75) is 25.9 Å². The van der Waals surface area contributed by atoms with Crippen molar-refractivity contribution in [2.24, 2.45) is 0 Å². The van der Waals surface area contributed by atoms with Gasteiger partial charge in [0.15, 0.2) is 0 Å². The summed E-state index contributed by atoms with van der Waals surface area (Å²) in [4.78, 5) is 11.4. The maximum Gasteiger partial charge on any atom is 0.337 e. The van der Waals surface area contributed by atoms with Gasteiger partial charge in [0.25, 0.3) is 0 Å². The first-order valence-corrected chi connectivity index (χ1v) is 6.79. The highest BCUT2D eigenvalue weighted by Gasteiger charge is 2.17. The van der Waals surface area contributed by atoms with Gasteiger partial charge >= 0.3 is 5.97 Å². The first kappa shape index (κ1) is 16.1. The SMILES string of the molecule is COCC(C)(C)NCc1ccc(C(=O)OC)cc1Br. The summed E-state index contributed by atoms with van der Waals surface area (Å²) in [5.74, 6) is -0.333. The first-order valence-electron chi connectivity index (χ1n) is 6.00. The summed E-state index contributed by atoms with van der Waals surface area (Å²) in [5, 5.41) is 3.41. The van der Waals surface area contributed by atoms with Gasteiger partial charge < -0.3 is 14.8 Å². The number of carbonyl (C=O) groups excluding carboxylic acids is 1. The highest BCUT2D eigenvalue weighted by Crippen LogP contribution is 2.20. The summed E-state index contributed by atoms with van der Waals surface area (Å²) in [6.07, 6.45) is 0. The van der Waals surface area contributed by atoms with E-state index in [1.807, 2.05) is 6.07 Å². The second kappa shape index (κ2) is 7.03. The number of nitrogens with one attached hydrogen (secondary N) is 1. The van der Waals surface area contributed by atoms with E-state index in [4.69, 9.17) is 4.74 Å². The molecule has 0 saturated carbocycles. The molecule has 0 aliphatic carbocycles. The highest BCUT2D eigenvalue weighted by molar-refractivity contribution is 9.10. The van der Waals surface area contributed by atoms with Crippen molar-refractivity contribution < 1.29 is 14.3 Å². The van der Waals surface area contributed by atoms with Crippen LogP contribution in [0.25, 0.3) is 0 Å². The molecule has 0 unspecified atom stereocenters. The van der Waals surface area contributed by atoms with Crippen molar-refractivity contribution >= 4 is 21.9 Å². The topological polar surface area (TPSA) is 47.6 Å². The molecule has 5 heteroatoms. The summed E-state index contributed by atoms with van der Waals surface area (Å²) in [5.41, 5.74) is 1.51. The smallest absolute Gasteiger partial charge is 0.337 e. The summed E-state index contributed by atoms with van der Waals surface area (Å²) in [7, 11) is 3.06. The van der Waals surface area contributed by atoms with Crippen molar-refractivity contribution in [3.8, 4) is 0 Å². The monoisotopic (exact) mass is 329 g/mol. The lowest BCUT2D eigenvalue weighted by Gasteiger charge is -2.25. The molecule has 0 aliphatic rings. The van der Waals surface area contributed by atoms with Crippen LogP contribution in [0.2, 0.25) is 0 Å². The number of hydrogen-bond donors (Lipinski definition) is 1. The minimum atomic E-state index is -0.333. The second-order valence-corrected chi connectivity index (χ2v) is 5.82. The van der Waals surface area contributed by atoms with Crippen LogP contribution in [-0.2, 0) is 16.0 Å². The molecular formula is C14H20BrNO3. The van der Waals surface area contributed by atoms with Crippen molar-refractivity contribution in [1.29, 1.82) is 0 Å². The lowest BCUT2D eigenvalue weighted by Crippen LogP contribution is -2.42. The van der Waals surface area contributed by atoms with Crippen LogP contribution in [0.4, 0.5) is 0 Å². The third kappa shape index (κ3) is 4.93. The van der Waals surface area contributed by atoms with Crippen molar-refractivity contribution in [2.75, 3.05) is 20.8 Å². The molecule has 0 bridgehead atoms. The highest BCUT2D eigenvalue weighted by atomic mass is 79.9. The average molecular weight is 330 g/mol. The number of esters is 1. The maximum atomic E-state index is 11.4. The van der Waals surface area contributed by atoms with Crippen LogP contribution < -0.4 is 5.32 Å². The van der Waals surface area contributed by atoms with E-state index in [1.54, 1.807) is 19.2 Å². The van der Waals surface area contributed by atoms with E-state index in [0.717, 1.165) is 10.0 Å². The molecule has 0 atom stereocenters. The normalized spacial score (nSPS) is 11.4. The quantitative estimate of drug-likeness (QED) is 0.815. The summed E-state index contributed by atoms with van der Waals surface area (Å²) in [6.45, 7) is 5.48. The second-order valence-electron chi connectivity index (χ2n) is 4.97. The molecule has 1 aromatic carbocycles. The van der Waals surface area contributed by atoms with Crippen molar-refractivity contribution in [3.63, 3.8) is 0 Å². The lowest BCUT2D eigenvalue weighted by molar-refractivity contribution is 0.0600. The fourth-order valence-electron chi connectivity index (χ4n) is 1.68. The van der Waals surface area contributed by atoms with Crippen LogP contribution in [-0.4, -0.2) is 32.3 Å². The Bertz CT molecular complexity index is 446. The van der Waals surface area contributed by atoms with Crippen LogP contribution >= 0.6 is 15.9 Å². The third-order valence-corrected chi connectivity index (χ3v) is 3.47. The Hall–Kier alpha value is -0.910. The largest absolute Gasteiger partial charge is 0.465 e. The van der Waals surface area contributed by atoms with Gasteiger partial charge in [-0.05, 0) is 31.5 Å². The van der Waals surface area contributed by atoms with E-state index in [-0.39, 0.29) is 11.5 Å². The number of ether oxygens (including phenoxy) is 2. The van der Waals surface area contributed by atoms with E-state index < -0.39 is 0 Å². The summed E-state index contributed by atoms with van der Waals surface area (Å²) in [6, 6.07) is 5.44. The Balaban J connectivity index is 2.73. The Morgan fingerprint density at radius 2 is 2.05 bits per heavy atom.